The molecular weight excluding hydrogens is 493 g/mol. The first-order valence-electron chi connectivity index (χ1n) is 11.6. The van der Waals surface area contributed by atoms with Gasteiger partial charge in [-0.3, -0.25) is 4.79 Å². The molecule has 0 heterocycles. The topological polar surface area (TPSA) is 47.6 Å². The van der Waals surface area contributed by atoms with Crippen molar-refractivity contribution in [2.75, 3.05) is 13.7 Å². The maximum Gasteiger partial charge on any atom is 0.255 e. The van der Waals surface area contributed by atoms with Crippen LogP contribution in [0.25, 0.3) is 5.57 Å². The molecule has 1 amide bonds. The highest BCUT2D eigenvalue weighted by molar-refractivity contribution is 6.35. The molecule has 0 saturated heterocycles. The summed E-state index contributed by atoms with van der Waals surface area (Å²) in [6.45, 7) is 2.44. The second-order valence-corrected chi connectivity index (χ2v) is 9.29. The monoisotopic (exact) mass is 519 g/mol. The average Bonchev–Trinajstić information content (AvgIpc) is 3.11. The number of hydrogen-bond acceptors (Lipinski definition) is 3. The molecule has 0 saturated carbocycles. The maximum atomic E-state index is 13.0. The van der Waals surface area contributed by atoms with Crippen molar-refractivity contribution in [1.82, 2.24) is 5.32 Å². The second-order valence-electron chi connectivity index (χ2n) is 8.44. The van der Waals surface area contributed by atoms with E-state index in [-0.39, 0.29) is 5.91 Å². The molecule has 0 aliphatic heterocycles. The van der Waals surface area contributed by atoms with E-state index in [1.807, 2.05) is 24.3 Å². The van der Waals surface area contributed by atoms with E-state index < -0.39 is 0 Å². The summed E-state index contributed by atoms with van der Waals surface area (Å²) >= 11 is 12.2. The Labute approximate surface area is 221 Å². The molecule has 1 N–H and O–H groups in total. The standard InChI is InChI=1S/C30H27Cl2NO3/c1-20-5-3-7-23(17-20)21-6-4-8-26(13-10-21)33-30(34)24-11-14-28(35-2)29(18-24)36-16-15-22-9-12-25(31)19-27(22)32/h3-7,9-14,17-19H,8,15-16H2,1-2H3,(H,33,34). The van der Waals surface area contributed by atoms with Crippen molar-refractivity contribution in [1.29, 1.82) is 0 Å². The van der Waals surface area contributed by atoms with E-state index in [4.69, 9.17) is 32.7 Å². The zero-order valence-corrected chi connectivity index (χ0v) is 21.7. The fourth-order valence-corrected chi connectivity index (χ4v) is 4.38. The highest BCUT2D eigenvalue weighted by Crippen LogP contribution is 2.29. The molecule has 0 spiro atoms. The van der Waals surface area contributed by atoms with Crippen LogP contribution in [0.5, 0.6) is 11.5 Å². The number of carbonyl (C=O) groups excluding carboxylic acids is 1. The summed E-state index contributed by atoms with van der Waals surface area (Å²) in [5.74, 6) is 0.831. The molecular formula is C30H27Cl2NO3. The fraction of sp³-hybridized carbons (Fsp3) is 0.167. The minimum Gasteiger partial charge on any atom is -0.493 e. The van der Waals surface area contributed by atoms with Crippen molar-refractivity contribution < 1.29 is 14.3 Å². The highest BCUT2D eigenvalue weighted by Gasteiger charge is 2.13. The van der Waals surface area contributed by atoms with Crippen LogP contribution >= 0.6 is 23.2 Å². The Morgan fingerprint density at radius 3 is 2.64 bits per heavy atom. The summed E-state index contributed by atoms with van der Waals surface area (Å²) in [7, 11) is 1.57. The molecule has 4 rings (SSSR count). The lowest BCUT2D eigenvalue weighted by Gasteiger charge is -2.13. The summed E-state index contributed by atoms with van der Waals surface area (Å²) in [4.78, 5) is 13.0. The first kappa shape index (κ1) is 25.6. The van der Waals surface area contributed by atoms with Gasteiger partial charge >= 0.3 is 0 Å². The summed E-state index contributed by atoms with van der Waals surface area (Å²) in [6, 6.07) is 18.9. The number of benzene rings is 3. The van der Waals surface area contributed by atoms with Crippen LogP contribution in [-0.4, -0.2) is 19.6 Å². The average molecular weight is 520 g/mol. The number of allylic oxidation sites excluding steroid dienone is 5. The van der Waals surface area contributed by atoms with E-state index in [1.54, 1.807) is 37.4 Å². The molecule has 0 bridgehead atoms. The second kappa shape index (κ2) is 12.0. The summed E-state index contributed by atoms with van der Waals surface area (Å²) in [6.07, 6.45) is 9.32. The zero-order chi connectivity index (χ0) is 25.5. The SMILES string of the molecule is COc1ccc(C(=O)NC2=CC=C(c3cccc(C)c3)C=CC2)cc1OCCc1ccc(Cl)cc1Cl. The lowest BCUT2D eigenvalue weighted by Crippen LogP contribution is -2.22. The third kappa shape index (κ3) is 6.60. The van der Waals surface area contributed by atoms with Gasteiger partial charge < -0.3 is 14.8 Å². The van der Waals surface area contributed by atoms with Gasteiger partial charge in [0.05, 0.1) is 13.7 Å². The van der Waals surface area contributed by atoms with E-state index in [0.717, 1.165) is 22.4 Å². The van der Waals surface area contributed by atoms with Crippen molar-refractivity contribution in [3.05, 3.63) is 123 Å². The fourth-order valence-electron chi connectivity index (χ4n) is 3.88. The predicted octanol–water partition coefficient (Wildman–Crippen LogP) is 7.59. The Kier molecular flexibility index (Phi) is 8.52. The number of aryl methyl sites for hydroxylation is 1. The van der Waals surface area contributed by atoms with Gasteiger partial charge in [-0.15, -0.1) is 0 Å². The molecule has 3 aromatic rings. The number of methoxy groups -OCH3 is 1. The highest BCUT2D eigenvalue weighted by atomic mass is 35.5. The third-order valence-corrected chi connectivity index (χ3v) is 6.38. The van der Waals surface area contributed by atoms with Gasteiger partial charge in [0.15, 0.2) is 11.5 Å². The van der Waals surface area contributed by atoms with E-state index in [2.05, 4.69) is 42.6 Å². The van der Waals surface area contributed by atoms with Crippen molar-refractivity contribution in [2.24, 2.45) is 0 Å². The molecule has 3 aromatic carbocycles. The van der Waals surface area contributed by atoms with Gasteiger partial charge in [0.25, 0.3) is 5.91 Å². The van der Waals surface area contributed by atoms with Gasteiger partial charge in [-0.25, -0.2) is 0 Å². The Morgan fingerprint density at radius 2 is 1.86 bits per heavy atom. The van der Waals surface area contributed by atoms with Crippen molar-refractivity contribution in [2.45, 2.75) is 19.8 Å². The molecule has 184 valence electrons. The quantitative estimate of drug-likeness (QED) is 0.333. The van der Waals surface area contributed by atoms with Crippen molar-refractivity contribution in [3.8, 4) is 11.5 Å². The van der Waals surface area contributed by atoms with Crippen LogP contribution < -0.4 is 14.8 Å². The predicted molar refractivity (Wildman–Crippen MR) is 147 cm³/mol. The summed E-state index contributed by atoms with van der Waals surface area (Å²) in [5, 5.41) is 4.20. The molecule has 6 heteroatoms. The first-order valence-corrected chi connectivity index (χ1v) is 12.4. The number of ether oxygens (including phenoxy) is 2. The minimum absolute atomic E-state index is 0.213. The molecule has 4 nitrogen and oxygen atoms in total. The van der Waals surface area contributed by atoms with Gasteiger partial charge in [0.1, 0.15) is 0 Å². The summed E-state index contributed by atoms with van der Waals surface area (Å²) in [5.41, 5.74) is 5.68. The van der Waals surface area contributed by atoms with Crippen LogP contribution in [0.2, 0.25) is 10.0 Å². The van der Waals surface area contributed by atoms with Gasteiger partial charge in [-0.05, 0) is 60.0 Å². The Hall–Kier alpha value is -3.47. The van der Waals surface area contributed by atoms with Crippen LogP contribution in [-0.2, 0) is 6.42 Å². The number of carbonyl (C=O) groups is 1. The van der Waals surface area contributed by atoms with Gasteiger partial charge in [0, 0.05) is 34.1 Å². The lowest BCUT2D eigenvalue weighted by atomic mass is 10.0. The van der Waals surface area contributed by atoms with Gasteiger partial charge in [-0.2, -0.15) is 0 Å². The molecule has 0 fully saturated rings. The smallest absolute Gasteiger partial charge is 0.255 e. The molecule has 0 unspecified atom stereocenters. The number of rotatable bonds is 8. The lowest BCUT2D eigenvalue weighted by molar-refractivity contribution is 0.0964. The van der Waals surface area contributed by atoms with Crippen molar-refractivity contribution in [3.63, 3.8) is 0 Å². The maximum absolute atomic E-state index is 13.0. The minimum atomic E-state index is -0.213. The van der Waals surface area contributed by atoms with E-state index in [9.17, 15) is 4.79 Å². The van der Waals surface area contributed by atoms with Crippen LogP contribution in [0.3, 0.4) is 0 Å². The molecule has 36 heavy (non-hydrogen) atoms. The largest absolute Gasteiger partial charge is 0.493 e. The van der Waals surface area contributed by atoms with Gasteiger partial charge in [-0.1, -0.05) is 77.3 Å². The number of nitrogens with one attached hydrogen (secondary N) is 1. The van der Waals surface area contributed by atoms with Crippen LogP contribution in [0.15, 0.2) is 90.7 Å². The number of hydrogen-bond donors (Lipinski definition) is 1. The molecule has 0 aromatic heterocycles. The number of amides is 1. The molecule has 0 radical (unpaired) electrons. The Bertz CT molecular complexity index is 1360. The van der Waals surface area contributed by atoms with Crippen LogP contribution in [0, 0.1) is 6.92 Å². The van der Waals surface area contributed by atoms with E-state index in [1.165, 1.54) is 5.56 Å². The third-order valence-electron chi connectivity index (χ3n) is 5.79. The summed E-state index contributed by atoms with van der Waals surface area (Å²) < 4.78 is 11.4. The molecule has 0 atom stereocenters. The van der Waals surface area contributed by atoms with E-state index in [0.29, 0.717) is 46.6 Å². The zero-order valence-electron chi connectivity index (χ0n) is 20.2. The first-order chi connectivity index (χ1) is 17.4. The Morgan fingerprint density at radius 1 is 1.00 bits per heavy atom. The number of halogens is 2. The van der Waals surface area contributed by atoms with E-state index >= 15 is 0 Å². The Balaban J connectivity index is 1.44. The van der Waals surface area contributed by atoms with Crippen LogP contribution in [0.4, 0.5) is 0 Å². The van der Waals surface area contributed by atoms with Crippen LogP contribution in [0.1, 0.15) is 33.5 Å². The van der Waals surface area contributed by atoms with Crippen molar-refractivity contribution >= 4 is 34.7 Å². The van der Waals surface area contributed by atoms with Gasteiger partial charge in [0.2, 0.25) is 0 Å². The molecule has 1 aliphatic carbocycles. The normalized spacial score (nSPS) is 12.9. The molecule has 1 aliphatic rings.